The molecule has 20 heavy (non-hydrogen) atoms. The molecule has 108 valence electrons. The molecule has 1 unspecified atom stereocenters. The third kappa shape index (κ3) is 2.40. The smallest absolute Gasteiger partial charge is 0.152 e. The SMILES string of the molecule is CC1(n2cc(N)c(-c3ccc(Br)s3)n2)CCS(=O)(=O)C1. The van der Waals surface area contributed by atoms with E-state index in [0.29, 0.717) is 17.8 Å². The summed E-state index contributed by atoms with van der Waals surface area (Å²) in [5.74, 6) is 0.331. The first-order valence-electron chi connectivity index (χ1n) is 6.11. The molecule has 1 aliphatic rings. The summed E-state index contributed by atoms with van der Waals surface area (Å²) in [6.07, 6.45) is 2.31. The van der Waals surface area contributed by atoms with Crippen LogP contribution in [0.1, 0.15) is 13.3 Å². The summed E-state index contributed by atoms with van der Waals surface area (Å²) in [6, 6.07) is 3.89. The number of nitrogens with zero attached hydrogens (tertiary/aromatic N) is 2. The quantitative estimate of drug-likeness (QED) is 0.874. The zero-order chi connectivity index (χ0) is 14.5. The first kappa shape index (κ1) is 14.1. The van der Waals surface area contributed by atoms with E-state index in [-0.39, 0.29) is 11.5 Å². The maximum atomic E-state index is 11.7. The van der Waals surface area contributed by atoms with Gasteiger partial charge in [0.05, 0.1) is 31.4 Å². The monoisotopic (exact) mass is 375 g/mol. The zero-order valence-electron chi connectivity index (χ0n) is 10.8. The highest BCUT2D eigenvalue weighted by molar-refractivity contribution is 9.11. The molecule has 0 aliphatic carbocycles. The van der Waals surface area contributed by atoms with Crippen molar-refractivity contribution in [1.29, 1.82) is 0 Å². The fraction of sp³-hybridized carbons (Fsp3) is 0.417. The molecule has 5 nitrogen and oxygen atoms in total. The van der Waals surface area contributed by atoms with E-state index in [1.807, 2.05) is 19.1 Å². The van der Waals surface area contributed by atoms with Gasteiger partial charge in [-0.1, -0.05) is 0 Å². The van der Waals surface area contributed by atoms with Crippen LogP contribution in [0.5, 0.6) is 0 Å². The van der Waals surface area contributed by atoms with Gasteiger partial charge in [-0.15, -0.1) is 11.3 Å². The lowest BCUT2D eigenvalue weighted by Gasteiger charge is -2.22. The molecule has 1 aliphatic heterocycles. The van der Waals surface area contributed by atoms with Crippen molar-refractivity contribution in [2.24, 2.45) is 0 Å². The minimum Gasteiger partial charge on any atom is -0.396 e. The van der Waals surface area contributed by atoms with Crippen LogP contribution < -0.4 is 5.73 Å². The van der Waals surface area contributed by atoms with E-state index in [1.54, 1.807) is 22.2 Å². The Hall–Kier alpha value is -0.860. The number of halogens is 1. The number of thiophene rings is 1. The van der Waals surface area contributed by atoms with E-state index in [2.05, 4.69) is 21.0 Å². The predicted molar refractivity (Wildman–Crippen MR) is 84.6 cm³/mol. The van der Waals surface area contributed by atoms with Gasteiger partial charge in [0.2, 0.25) is 0 Å². The molecule has 1 fully saturated rings. The molecular weight excluding hydrogens is 362 g/mol. The predicted octanol–water partition coefficient (Wildman–Crippen LogP) is 2.49. The Balaban J connectivity index is 2.01. The second-order valence-corrected chi connectivity index (χ2v) is 9.97. The molecule has 0 radical (unpaired) electrons. The number of anilines is 1. The van der Waals surface area contributed by atoms with Gasteiger partial charge in [-0.05, 0) is 41.4 Å². The Labute approximate surface area is 129 Å². The fourth-order valence-corrected chi connectivity index (χ4v) is 5.98. The number of nitrogen functional groups attached to an aromatic ring is 1. The normalized spacial score (nSPS) is 25.1. The maximum Gasteiger partial charge on any atom is 0.152 e. The van der Waals surface area contributed by atoms with Crippen molar-refractivity contribution < 1.29 is 8.42 Å². The van der Waals surface area contributed by atoms with Crippen molar-refractivity contribution in [2.75, 3.05) is 17.2 Å². The third-order valence-corrected chi connectivity index (χ3v) is 7.10. The molecule has 2 aromatic heterocycles. The fourth-order valence-electron chi connectivity index (χ4n) is 2.47. The van der Waals surface area contributed by atoms with Crippen LogP contribution in [0, 0.1) is 0 Å². The Kier molecular flexibility index (Phi) is 3.22. The molecule has 0 amide bonds. The Morgan fingerprint density at radius 1 is 1.50 bits per heavy atom. The van der Waals surface area contributed by atoms with Crippen LogP contribution in [0.3, 0.4) is 0 Å². The summed E-state index contributed by atoms with van der Waals surface area (Å²) in [7, 11) is -2.97. The van der Waals surface area contributed by atoms with Crippen molar-refractivity contribution in [3.8, 4) is 10.6 Å². The Morgan fingerprint density at radius 2 is 2.25 bits per heavy atom. The van der Waals surface area contributed by atoms with Gasteiger partial charge in [-0.25, -0.2) is 8.42 Å². The highest BCUT2D eigenvalue weighted by Gasteiger charge is 2.41. The summed E-state index contributed by atoms with van der Waals surface area (Å²) in [4.78, 5) is 0.970. The standard InChI is InChI=1S/C12H14BrN3O2S2/c1-12(4-5-20(17,18)7-12)16-6-8(14)11(15-16)9-2-3-10(13)19-9/h2-3,6H,4-5,7,14H2,1H3. The molecule has 3 rings (SSSR count). The largest absolute Gasteiger partial charge is 0.396 e. The molecule has 0 bridgehead atoms. The molecule has 2 aromatic rings. The summed E-state index contributed by atoms with van der Waals surface area (Å²) in [5, 5.41) is 4.53. The number of rotatable bonds is 2. The first-order valence-corrected chi connectivity index (χ1v) is 9.54. The molecular formula is C12H14BrN3O2S2. The van der Waals surface area contributed by atoms with Gasteiger partial charge in [-0.3, -0.25) is 4.68 Å². The van der Waals surface area contributed by atoms with Crippen LogP contribution in [0.25, 0.3) is 10.6 Å². The molecule has 8 heteroatoms. The summed E-state index contributed by atoms with van der Waals surface area (Å²) < 4.78 is 26.1. The lowest BCUT2D eigenvalue weighted by atomic mass is 10.0. The lowest BCUT2D eigenvalue weighted by molar-refractivity contribution is 0.329. The van der Waals surface area contributed by atoms with Crippen LogP contribution in [-0.4, -0.2) is 29.7 Å². The minimum atomic E-state index is -2.97. The molecule has 0 spiro atoms. The van der Waals surface area contributed by atoms with Crippen LogP contribution in [-0.2, 0) is 15.4 Å². The summed E-state index contributed by atoms with van der Waals surface area (Å²) in [5.41, 5.74) is 6.82. The molecule has 1 saturated heterocycles. The molecule has 3 heterocycles. The molecule has 0 saturated carbocycles. The van der Waals surface area contributed by atoms with E-state index in [9.17, 15) is 8.42 Å². The number of nitrogens with two attached hydrogens (primary N) is 1. The minimum absolute atomic E-state index is 0.120. The lowest BCUT2D eigenvalue weighted by Crippen LogP contribution is -2.31. The second kappa shape index (κ2) is 4.57. The Morgan fingerprint density at radius 3 is 2.80 bits per heavy atom. The van der Waals surface area contributed by atoms with Crippen molar-refractivity contribution in [3.05, 3.63) is 22.1 Å². The van der Waals surface area contributed by atoms with Crippen LogP contribution in [0.4, 0.5) is 5.69 Å². The van der Waals surface area contributed by atoms with Gasteiger partial charge in [-0.2, -0.15) is 5.10 Å². The Bertz CT molecular complexity index is 766. The van der Waals surface area contributed by atoms with Gasteiger partial charge < -0.3 is 5.73 Å². The van der Waals surface area contributed by atoms with E-state index < -0.39 is 15.4 Å². The highest BCUT2D eigenvalue weighted by Crippen LogP contribution is 2.36. The number of sulfone groups is 1. The van der Waals surface area contributed by atoms with Gasteiger partial charge >= 0.3 is 0 Å². The number of hydrogen-bond donors (Lipinski definition) is 1. The van der Waals surface area contributed by atoms with Crippen molar-refractivity contribution in [2.45, 2.75) is 18.9 Å². The van der Waals surface area contributed by atoms with Crippen LogP contribution in [0.15, 0.2) is 22.1 Å². The molecule has 0 aromatic carbocycles. The van der Waals surface area contributed by atoms with Gasteiger partial charge in [0, 0.05) is 6.20 Å². The zero-order valence-corrected chi connectivity index (χ0v) is 14.1. The third-order valence-electron chi connectivity index (χ3n) is 3.58. The van der Waals surface area contributed by atoms with Gasteiger partial charge in [0.15, 0.2) is 9.84 Å². The highest BCUT2D eigenvalue weighted by atomic mass is 79.9. The van der Waals surface area contributed by atoms with Gasteiger partial charge in [0.25, 0.3) is 0 Å². The molecule has 2 N–H and O–H groups in total. The topological polar surface area (TPSA) is 78.0 Å². The van der Waals surface area contributed by atoms with Crippen molar-refractivity contribution in [1.82, 2.24) is 9.78 Å². The number of hydrogen-bond acceptors (Lipinski definition) is 5. The van der Waals surface area contributed by atoms with E-state index in [0.717, 1.165) is 8.66 Å². The van der Waals surface area contributed by atoms with Crippen molar-refractivity contribution >= 4 is 42.8 Å². The average Bonchev–Trinajstić information content (AvgIpc) is 2.99. The van der Waals surface area contributed by atoms with Crippen molar-refractivity contribution in [3.63, 3.8) is 0 Å². The second-order valence-electron chi connectivity index (χ2n) is 5.32. The van der Waals surface area contributed by atoms with E-state index in [4.69, 9.17) is 5.73 Å². The molecule has 1 atom stereocenters. The van der Waals surface area contributed by atoms with Crippen LogP contribution in [0.2, 0.25) is 0 Å². The first-order chi connectivity index (χ1) is 9.29. The van der Waals surface area contributed by atoms with E-state index >= 15 is 0 Å². The average molecular weight is 376 g/mol. The number of aromatic nitrogens is 2. The van der Waals surface area contributed by atoms with E-state index in [1.165, 1.54) is 0 Å². The summed E-state index contributed by atoms with van der Waals surface area (Å²) >= 11 is 4.97. The summed E-state index contributed by atoms with van der Waals surface area (Å²) in [6.45, 7) is 1.91. The van der Waals surface area contributed by atoms with Crippen LogP contribution >= 0.6 is 27.3 Å². The van der Waals surface area contributed by atoms with Gasteiger partial charge in [0.1, 0.15) is 5.69 Å². The maximum absolute atomic E-state index is 11.7.